The molecule has 0 spiro atoms. The van der Waals surface area contributed by atoms with Gasteiger partial charge in [0.15, 0.2) is 0 Å². The van der Waals surface area contributed by atoms with E-state index in [0.717, 1.165) is 11.8 Å². The van der Waals surface area contributed by atoms with Crippen molar-refractivity contribution in [3.63, 3.8) is 0 Å². The largest absolute Gasteiger partial charge is 0.352 e. The molecule has 2 saturated carbocycles. The molecule has 0 bridgehead atoms. The van der Waals surface area contributed by atoms with E-state index in [1.54, 1.807) is 0 Å². The second kappa shape index (κ2) is 3.60. The van der Waals surface area contributed by atoms with Gasteiger partial charge >= 0.3 is 0 Å². The predicted molar refractivity (Wildman–Crippen MR) is 55.8 cm³/mol. The van der Waals surface area contributed by atoms with Crippen LogP contribution in [0.4, 0.5) is 0 Å². The molecule has 74 valence electrons. The molecule has 13 heavy (non-hydrogen) atoms. The summed E-state index contributed by atoms with van der Waals surface area (Å²) in [5.74, 6) is 1.77. The number of hydrogen-bond donors (Lipinski definition) is 1. The maximum atomic E-state index is 11.4. The van der Waals surface area contributed by atoms with Crippen molar-refractivity contribution in [2.24, 2.45) is 11.8 Å². The van der Waals surface area contributed by atoms with E-state index in [-0.39, 0.29) is 10.7 Å². The molecule has 0 saturated heterocycles. The number of carbonyl (C=O) groups excluding carboxylic acids is 1. The van der Waals surface area contributed by atoms with Gasteiger partial charge in [-0.2, -0.15) is 0 Å². The van der Waals surface area contributed by atoms with Crippen LogP contribution >= 0.6 is 15.9 Å². The molecule has 2 fully saturated rings. The van der Waals surface area contributed by atoms with Gasteiger partial charge < -0.3 is 5.32 Å². The maximum absolute atomic E-state index is 11.4. The second-order valence-corrected chi connectivity index (χ2v) is 5.64. The molecule has 3 heteroatoms. The van der Waals surface area contributed by atoms with Crippen molar-refractivity contribution >= 4 is 21.8 Å². The van der Waals surface area contributed by atoms with Crippen LogP contribution < -0.4 is 5.32 Å². The van der Waals surface area contributed by atoms with E-state index in [9.17, 15) is 4.79 Å². The first-order valence-electron chi connectivity index (χ1n) is 5.14. The molecule has 3 unspecified atom stereocenters. The van der Waals surface area contributed by atoms with Crippen LogP contribution in [-0.4, -0.2) is 16.8 Å². The molecule has 0 aromatic rings. The Balaban J connectivity index is 1.81. The lowest BCUT2D eigenvalue weighted by atomic mass is 10.0. The summed E-state index contributed by atoms with van der Waals surface area (Å²) < 4.78 is 0. The highest BCUT2D eigenvalue weighted by molar-refractivity contribution is 9.10. The zero-order chi connectivity index (χ0) is 9.42. The number of rotatable bonds is 2. The third-order valence-electron chi connectivity index (χ3n) is 3.33. The monoisotopic (exact) mass is 245 g/mol. The second-order valence-electron chi connectivity index (χ2n) is 4.26. The molecular formula is C10H16BrNO. The van der Waals surface area contributed by atoms with Gasteiger partial charge in [0.05, 0.1) is 4.83 Å². The smallest absolute Gasteiger partial charge is 0.233 e. The Morgan fingerprint density at radius 3 is 2.38 bits per heavy atom. The van der Waals surface area contributed by atoms with Gasteiger partial charge in [-0.3, -0.25) is 4.79 Å². The van der Waals surface area contributed by atoms with Gasteiger partial charge in [-0.25, -0.2) is 0 Å². The van der Waals surface area contributed by atoms with Crippen molar-refractivity contribution < 1.29 is 4.79 Å². The number of carbonyl (C=O) groups is 1. The van der Waals surface area contributed by atoms with Crippen molar-refractivity contribution in [2.75, 3.05) is 0 Å². The number of nitrogens with one attached hydrogen (secondary N) is 1. The Morgan fingerprint density at radius 2 is 1.92 bits per heavy atom. The van der Waals surface area contributed by atoms with Crippen LogP contribution in [0.2, 0.25) is 0 Å². The molecule has 2 nitrogen and oxygen atoms in total. The molecule has 0 radical (unpaired) electrons. The van der Waals surface area contributed by atoms with E-state index >= 15 is 0 Å². The highest BCUT2D eigenvalue weighted by Gasteiger charge is 2.51. The maximum Gasteiger partial charge on any atom is 0.233 e. The molecule has 0 aromatic carbocycles. The minimum Gasteiger partial charge on any atom is -0.352 e. The number of amides is 1. The van der Waals surface area contributed by atoms with Crippen LogP contribution in [0.1, 0.15) is 32.6 Å². The third-order valence-corrected chi connectivity index (χ3v) is 3.74. The fourth-order valence-electron chi connectivity index (χ4n) is 2.49. The van der Waals surface area contributed by atoms with E-state index < -0.39 is 0 Å². The molecule has 1 amide bonds. The number of fused-ring (bicyclic) bond motifs is 1. The van der Waals surface area contributed by atoms with Gasteiger partial charge in [-0.05, 0) is 31.6 Å². The van der Waals surface area contributed by atoms with Crippen LogP contribution in [0.3, 0.4) is 0 Å². The Labute approximate surface area is 87.6 Å². The van der Waals surface area contributed by atoms with Gasteiger partial charge in [0, 0.05) is 6.04 Å². The number of hydrogen-bond acceptors (Lipinski definition) is 1. The molecule has 2 aliphatic rings. The van der Waals surface area contributed by atoms with Crippen LogP contribution in [0.15, 0.2) is 0 Å². The molecule has 2 rings (SSSR count). The first kappa shape index (κ1) is 9.50. The lowest BCUT2D eigenvalue weighted by molar-refractivity contribution is -0.120. The van der Waals surface area contributed by atoms with E-state index in [4.69, 9.17) is 0 Å². The average molecular weight is 246 g/mol. The zero-order valence-electron chi connectivity index (χ0n) is 7.92. The Hall–Kier alpha value is -0.0500. The summed E-state index contributed by atoms with van der Waals surface area (Å²) >= 11 is 3.28. The molecule has 0 aromatic heterocycles. The van der Waals surface area contributed by atoms with Crippen LogP contribution in [0.25, 0.3) is 0 Å². The van der Waals surface area contributed by atoms with Gasteiger partial charge in [-0.1, -0.05) is 28.8 Å². The van der Waals surface area contributed by atoms with Gasteiger partial charge in [0.2, 0.25) is 5.91 Å². The quantitative estimate of drug-likeness (QED) is 0.742. The van der Waals surface area contributed by atoms with Crippen molar-refractivity contribution in [1.82, 2.24) is 5.32 Å². The zero-order valence-corrected chi connectivity index (χ0v) is 9.51. The summed E-state index contributed by atoms with van der Waals surface area (Å²) in [5.41, 5.74) is 0. The van der Waals surface area contributed by atoms with Crippen LogP contribution in [-0.2, 0) is 4.79 Å². The molecule has 2 aliphatic carbocycles. The van der Waals surface area contributed by atoms with E-state index in [0.29, 0.717) is 6.04 Å². The summed E-state index contributed by atoms with van der Waals surface area (Å²) in [6, 6.07) is 0.509. The van der Waals surface area contributed by atoms with Gasteiger partial charge in [0.25, 0.3) is 0 Å². The standard InChI is InChI=1S/C10H16BrNO/c1-6(11)10(13)12-9-7-4-2-3-5-8(7)9/h6-9H,2-5H2,1H3,(H,12,13). The van der Waals surface area contributed by atoms with Crippen molar-refractivity contribution in [2.45, 2.75) is 43.5 Å². The summed E-state index contributed by atoms with van der Waals surface area (Å²) in [7, 11) is 0. The summed E-state index contributed by atoms with van der Waals surface area (Å²) in [6.07, 6.45) is 5.37. The lowest BCUT2D eigenvalue weighted by Crippen LogP contribution is -2.32. The highest BCUT2D eigenvalue weighted by atomic mass is 79.9. The Bertz CT molecular complexity index is 205. The van der Waals surface area contributed by atoms with E-state index in [2.05, 4.69) is 21.2 Å². The average Bonchev–Trinajstić information content (AvgIpc) is 2.79. The van der Waals surface area contributed by atoms with Gasteiger partial charge in [0.1, 0.15) is 0 Å². The minimum atomic E-state index is -0.0462. The lowest BCUT2D eigenvalue weighted by Gasteiger charge is -2.05. The molecule has 0 heterocycles. The molecular weight excluding hydrogens is 230 g/mol. The summed E-state index contributed by atoms with van der Waals surface area (Å²) in [4.78, 5) is 11.3. The van der Waals surface area contributed by atoms with E-state index in [1.165, 1.54) is 25.7 Å². The topological polar surface area (TPSA) is 29.1 Å². The van der Waals surface area contributed by atoms with Crippen molar-refractivity contribution in [3.05, 3.63) is 0 Å². The first-order chi connectivity index (χ1) is 6.20. The molecule has 3 atom stereocenters. The van der Waals surface area contributed by atoms with Crippen molar-refractivity contribution in [3.8, 4) is 0 Å². The summed E-state index contributed by atoms with van der Waals surface area (Å²) in [5, 5.41) is 3.11. The Morgan fingerprint density at radius 1 is 1.38 bits per heavy atom. The highest BCUT2D eigenvalue weighted by Crippen LogP contribution is 2.49. The first-order valence-corrected chi connectivity index (χ1v) is 6.06. The fraction of sp³-hybridized carbons (Fsp3) is 0.900. The normalized spacial score (nSPS) is 39.1. The number of alkyl halides is 1. The predicted octanol–water partition coefficient (Wildman–Crippen LogP) is 2.07. The van der Waals surface area contributed by atoms with E-state index in [1.807, 2.05) is 6.92 Å². The van der Waals surface area contributed by atoms with Gasteiger partial charge in [-0.15, -0.1) is 0 Å². The van der Waals surface area contributed by atoms with Crippen molar-refractivity contribution in [1.29, 1.82) is 0 Å². The molecule has 1 N–H and O–H groups in total. The van der Waals surface area contributed by atoms with Crippen LogP contribution in [0.5, 0.6) is 0 Å². The fourth-order valence-corrected chi connectivity index (χ4v) is 2.62. The SMILES string of the molecule is CC(Br)C(=O)NC1C2CCCCC21. The number of halogens is 1. The Kier molecular flexibility index (Phi) is 2.63. The minimum absolute atomic E-state index is 0.0462. The third kappa shape index (κ3) is 1.90. The molecule has 0 aliphatic heterocycles. The summed E-state index contributed by atoms with van der Waals surface area (Å²) in [6.45, 7) is 1.88. The van der Waals surface area contributed by atoms with Crippen LogP contribution in [0, 0.1) is 11.8 Å².